The molecule has 0 saturated heterocycles. The highest BCUT2D eigenvalue weighted by Crippen LogP contribution is 2.30. The number of aliphatic hydroxyl groups excluding tert-OH is 1. The maximum atomic E-state index is 9.36. The molecule has 21 heavy (non-hydrogen) atoms. The first-order valence-corrected chi connectivity index (χ1v) is 8.22. The van der Waals surface area contributed by atoms with E-state index >= 15 is 0 Å². The summed E-state index contributed by atoms with van der Waals surface area (Å²) in [4.78, 5) is 2.23. The summed E-state index contributed by atoms with van der Waals surface area (Å²) >= 11 is 6.39. The van der Waals surface area contributed by atoms with E-state index < -0.39 is 0 Å². The second kappa shape index (κ2) is 7.48. The zero-order valence-electron chi connectivity index (χ0n) is 13.3. The zero-order valence-corrected chi connectivity index (χ0v) is 14.0. The third-order valence-electron chi connectivity index (χ3n) is 4.09. The summed E-state index contributed by atoms with van der Waals surface area (Å²) in [7, 11) is 2.09. The van der Waals surface area contributed by atoms with Gasteiger partial charge in [-0.05, 0) is 48.9 Å². The lowest BCUT2D eigenvalue weighted by Crippen LogP contribution is -2.37. The number of hydrogen-bond acceptors (Lipinski definition) is 3. The van der Waals surface area contributed by atoms with Gasteiger partial charge in [0.25, 0.3) is 0 Å². The van der Waals surface area contributed by atoms with Crippen molar-refractivity contribution in [1.29, 1.82) is 0 Å². The van der Waals surface area contributed by atoms with E-state index in [4.69, 9.17) is 11.6 Å². The average molecular weight is 311 g/mol. The molecule has 1 fully saturated rings. The van der Waals surface area contributed by atoms with Crippen LogP contribution in [0.4, 0.5) is 5.69 Å². The van der Waals surface area contributed by atoms with Gasteiger partial charge >= 0.3 is 0 Å². The maximum absolute atomic E-state index is 9.36. The van der Waals surface area contributed by atoms with Crippen LogP contribution in [0.3, 0.4) is 0 Å². The van der Waals surface area contributed by atoms with Gasteiger partial charge in [0.2, 0.25) is 0 Å². The smallest absolute Gasteiger partial charge is 0.0546 e. The van der Waals surface area contributed by atoms with E-state index in [9.17, 15) is 5.11 Å². The van der Waals surface area contributed by atoms with Gasteiger partial charge in [-0.3, -0.25) is 0 Å². The fourth-order valence-electron chi connectivity index (χ4n) is 2.75. The monoisotopic (exact) mass is 310 g/mol. The summed E-state index contributed by atoms with van der Waals surface area (Å²) in [5.74, 6) is 1.25. The van der Waals surface area contributed by atoms with Crippen molar-refractivity contribution in [3.05, 3.63) is 28.8 Å². The van der Waals surface area contributed by atoms with Gasteiger partial charge in [-0.25, -0.2) is 0 Å². The highest BCUT2D eigenvalue weighted by Gasteiger charge is 2.28. The van der Waals surface area contributed by atoms with Crippen molar-refractivity contribution >= 4 is 17.3 Å². The number of rotatable bonds is 7. The van der Waals surface area contributed by atoms with E-state index in [1.54, 1.807) is 0 Å². The molecule has 4 heteroatoms. The molecule has 2 rings (SSSR count). The van der Waals surface area contributed by atoms with E-state index in [0.29, 0.717) is 11.8 Å². The van der Waals surface area contributed by atoms with E-state index in [2.05, 4.69) is 43.2 Å². The molecule has 0 amide bonds. The molecule has 0 spiro atoms. The van der Waals surface area contributed by atoms with E-state index in [-0.39, 0.29) is 6.10 Å². The Kier molecular flexibility index (Phi) is 5.91. The Morgan fingerprint density at radius 3 is 2.67 bits per heavy atom. The lowest BCUT2D eigenvalue weighted by Gasteiger charge is -2.35. The Labute approximate surface area is 133 Å². The van der Waals surface area contributed by atoms with Crippen LogP contribution in [0.5, 0.6) is 0 Å². The van der Waals surface area contributed by atoms with E-state index in [1.807, 2.05) is 6.07 Å². The maximum Gasteiger partial charge on any atom is 0.0546 e. The number of benzene rings is 1. The van der Waals surface area contributed by atoms with Crippen molar-refractivity contribution in [3.8, 4) is 0 Å². The van der Waals surface area contributed by atoms with Gasteiger partial charge in [-0.1, -0.05) is 31.5 Å². The Morgan fingerprint density at radius 2 is 2.10 bits per heavy atom. The number of anilines is 1. The molecule has 1 aliphatic carbocycles. The van der Waals surface area contributed by atoms with Gasteiger partial charge in [-0.15, -0.1) is 0 Å². The second-order valence-electron chi connectivity index (χ2n) is 6.67. The third kappa shape index (κ3) is 4.87. The Balaban J connectivity index is 1.88. The minimum absolute atomic E-state index is 0.0820. The lowest BCUT2D eigenvalue weighted by atomic mass is 9.82. The van der Waals surface area contributed by atoms with Gasteiger partial charge in [-0.2, -0.15) is 0 Å². The van der Waals surface area contributed by atoms with Crippen LogP contribution >= 0.6 is 11.6 Å². The van der Waals surface area contributed by atoms with Crippen molar-refractivity contribution in [3.63, 3.8) is 0 Å². The van der Waals surface area contributed by atoms with Gasteiger partial charge in [0.1, 0.15) is 0 Å². The van der Waals surface area contributed by atoms with Gasteiger partial charge < -0.3 is 15.3 Å². The van der Waals surface area contributed by atoms with Crippen molar-refractivity contribution < 1.29 is 5.11 Å². The molecule has 1 aromatic rings. The standard InChI is InChI=1S/C17H27ClN2O/c1-12(2)9-19-10-14-4-5-15(8-17(14)18)20(3)11-13-6-16(21)7-13/h4-5,8,12-13,16,19,21H,6-7,9-11H2,1-3H3. The lowest BCUT2D eigenvalue weighted by molar-refractivity contribution is 0.0465. The molecule has 0 bridgehead atoms. The summed E-state index contributed by atoms with van der Waals surface area (Å²) < 4.78 is 0. The molecule has 1 aromatic carbocycles. The van der Waals surface area contributed by atoms with Gasteiger partial charge in [0.15, 0.2) is 0 Å². The van der Waals surface area contributed by atoms with Gasteiger partial charge in [0.05, 0.1) is 6.10 Å². The summed E-state index contributed by atoms with van der Waals surface area (Å²) in [6.07, 6.45) is 1.77. The van der Waals surface area contributed by atoms with Gasteiger partial charge in [0, 0.05) is 30.8 Å². The molecule has 118 valence electrons. The van der Waals surface area contributed by atoms with Crippen molar-refractivity contribution in [1.82, 2.24) is 5.32 Å². The first kappa shape index (κ1) is 16.6. The Morgan fingerprint density at radius 1 is 1.38 bits per heavy atom. The number of halogens is 1. The number of nitrogens with zero attached hydrogens (tertiary/aromatic N) is 1. The molecule has 0 aromatic heterocycles. The average Bonchev–Trinajstić information content (AvgIpc) is 2.38. The fourth-order valence-corrected chi connectivity index (χ4v) is 3.00. The summed E-state index contributed by atoms with van der Waals surface area (Å²) in [6, 6.07) is 6.29. The van der Waals surface area contributed by atoms with Crippen LogP contribution in [0.25, 0.3) is 0 Å². The highest BCUT2D eigenvalue weighted by molar-refractivity contribution is 6.31. The highest BCUT2D eigenvalue weighted by atomic mass is 35.5. The Bertz CT molecular complexity index is 458. The van der Waals surface area contributed by atoms with Crippen molar-refractivity contribution in [2.24, 2.45) is 11.8 Å². The molecule has 0 atom stereocenters. The summed E-state index contributed by atoms with van der Waals surface area (Å²) in [5, 5.41) is 13.6. The number of hydrogen-bond donors (Lipinski definition) is 2. The van der Waals surface area contributed by atoms with Crippen LogP contribution < -0.4 is 10.2 Å². The fraction of sp³-hybridized carbons (Fsp3) is 0.647. The predicted molar refractivity (Wildman–Crippen MR) is 90.0 cm³/mol. The normalized spacial score (nSPS) is 21.4. The van der Waals surface area contributed by atoms with Crippen LogP contribution in [0.2, 0.25) is 5.02 Å². The quantitative estimate of drug-likeness (QED) is 0.811. The van der Waals surface area contributed by atoms with Crippen LogP contribution in [0, 0.1) is 11.8 Å². The molecule has 2 N–H and O–H groups in total. The van der Waals surface area contributed by atoms with Crippen LogP contribution in [-0.4, -0.2) is 31.3 Å². The van der Waals surface area contributed by atoms with E-state index in [0.717, 1.165) is 48.7 Å². The molecule has 0 radical (unpaired) electrons. The first-order chi connectivity index (χ1) is 9.95. The number of aliphatic hydroxyl groups is 1. The second-order valence-corrected chi connectivity index (χ2v) is 7.08. The number of nitrogens with one attached hydrogen (secondary N) is 1. The van der Waals surface area contributed by atoms with Crippen molar-refractivity contribution in [2.45, 2.75) is 39.3 Å². The molecule has 1 aliphatic rings. The predicted octanol–water partition coefficient (Wildman–Crippen LogP) is 3.29. The van der Waals surface area contributed by atoms with Crippen LogP contribution in [0.1, 0.15) is 32.3 Å². The largest absolute Gasteiger partial charge is 0.393 e. The molecule has 0 aliphatic heterocycles. The molecular weight excluding hydrogens is 284 g/mol. The molecule has 1 saturated carbocycles. The molecule has 0 heterocycles. The SMILES string of the molecule is CC(C)CNCc1ccc(N(C)CC2CC(O)C2)cc1Cl. The molecule has 3 nitrogen and oxygen atoms in total. The van der Waals surface area contributed by atoms with Crippen molar-refractivity contribution in [2.75, 3.05) is 25.0 Å². The molecule has 0 unspecified atom stereocenters. The van der Waals surface area contributed by atoms with Crippen LogP contribution in [-0.2, 0) is 6.54 Å². The summed E-state index contributed by atoms with van der Waals surface area (Å²) in [5.41, 5.74) is 2.29. The van der Waals surface area contributed by atoms with Crippen LogP contribution in [0.15, 0.2) is 18.2 Å². The minimum Gasteiger partial charge on any atom is -0.393 e. The topological polar surface area (TPSA) is 35.5 Å². The molecular formula is C17H27ClN2O. The minimum atomic E-state index is -0.0820. The third-order valence-corrected chi connectivity index (χ3v) is 4.44. The van der Waals surface area contributed by atoms with E-state index in [1.165, 1.54) is 0 Å². The zero-order chi connectivity index (χ0) is 15.4. The Hall–Kier alpha value is -0.770. The first-order valence-electron chi connectivity index (χ1n) is 7.84. The summed E-state index contributed by atoms with van der Waals surface area (Å²) in [6.45, 7) is 7.20.